The Kier molecular flexibility index (Phi) is 4.45. The Morgan fingerprint density at radius 3 is 2.93 bits per heavy atom. The van der Waals surface area contributed by atoms with Gasteiger partial charge in [-0.1, -0.05) is 6.07 Å². The summed E-state index contributed by atoms with van der Waals surface area (Å²) >= 11 is 0. The summed E-state index contributed by atoms with van der Waals surface area (Å²) in [6, 6.07) is 8.46. The highest BCUT2D eigenvalue weighted by molar-refractivity contribution is 5.95. The van der Waals surface area contributed by atoms with Crippen molar-refractivity contribution < 1.29 is 18.7 Å². The van der Waals surface area contributed by atoms with Crippen LogP contribution in [-0.2, 0) is 11.8 Å². The van der Waals surface area contributed by atoms with Gasteiger partial charge in [0.1, 0.15) is 34.8 Å². The number of amides is 1. The van der Waals surface area contributed by atoms with Crippen LogP contribution in [0.25, 0.3) is 11.0 Å². The zero-order valence-corrected chi connectivity index (χ0v) is 16.3. The van der Waals surface area contributed by atoms with E-state index in [-0.39, 0.29) is 11.7 Å². The van der Waals surface area contributed by atoms with Crippen LogP contribution < -0.4 is 14.4 Å². The molecule has 2 aromatic carbocycles. The van der Waals surface area contributed by atoms with Crippen LogP contribution in [0.5, 0.6) is 11.5 Å². The molecular formula is C21H22FN3O3. The van der Waals surface area contributed by atoms with Crippen molar-refractivity contribution in [1.82, 2.24) is 9.55 Å². The predicted octanol–water partition coefficient (Wildman–Crippen LogP) is 3.91. The van der Waals surface area contributed by atoms with E-state index in [0.717, 1.165) is 11.3 Å². The van der Waals surface area contributed by atoms with E-state index in [1.54, 1.807) is 30.1 Å². The summed E-state index contributed by atoms with van der Waals surface area (Å²) in [5.41, 5.74) is 2.64. The van der Waals surface area contributed by atoms with Crippen molar-refractivity contribution in [2.24, 2.45) is 7.05 Å². The molecule has 28 heavy (non-hydrogen) atoms. The van der Waals surface area contributed by atoms with Crippen molar-refractivity contribution in [3.8, 4) is 11.5 Å². The second-order valence-electron chi connectivity index (χ2n) is 7.00. The van der Waals surface area contributed by atoms with Gasteiger partial charge in [0.2, 0.25) is 5.91 Å². The van der Waals surface area contributed by atoms with Gasteiger partial charge in [-0.25, -0.2) is 9.37 Å². The number of carbonyl (C=O) groups is 1. The Morgan fingerprint density at radius 2 is 2.18 bits per heavy atom. The van der Waals surface area contributed by atoms with E-state index < -0.39 is 6.10 Å². The van der Waals surface area contributed by atoms with Crippen molar-refractivity contribution in [2.75, 3.05) is 18.6 Å². The zero-order chi connectivity index (χ0) is 20.0. The first-order chi connectivity index (χ1) is 13.4. The summed E-state index contributed by atoms with van der Waals surface area (Å²) in [6.07, 6.45) is 0.0296. The molecule has 1 aliphatic rings. The molecule has 0 aliphatic carbocycles. The molecule has 0 spiro atoms. The minimum atomic E-state index is -0.492. The zero-order valence-electron chi connectivity index (χ0n) is 16.3. The largest absolute Gasteiger partial charge is 0.493 e. The minimum absolute atomic E-state index is 0.0911. The monoisotopic (exact) mass is 383 g/mol. The Morgan fingerprint density at radius 1 is 1.39 bits per heavy atom. The second kappa shape index (κ2) is 6.82. The number of benzene rings is 2. The lowest BCUT2D eigenvalue weighted by Crippen LogP contribution is -2.23. The summed E-state index contributed by atoms with van der Waals surface area (Å²) in [7, 11) is 3.62. The van der Waals surface area contributed by atoms with E-state index in [1.165, 1.54) is 13.0 Å². The number of hydrogen-bond donors (Lipinski definition) is 0. The number of fused-ring (bicyclic) bond motifs is 2. The fourth-order valence-corrected chi connectivity index (χ4v) is 3.47. The van der Waals surface area contributed by atoms with E-state index in [4.69, 9.17) is 9.47 Å². The number of aromatic nitrogens is 2. The van der Waals surface area contributed by atoms with E-state index in [1.807, 2.05) is 24.6 Å². The molecule has 0 fully saturated rings. The van der Waals surface area contributed by atoms with Gasteiger partial charge >= 0.3 is 0 Å². The Labute approximate surface area is 162 Å². The highest BCUT2D eigenvalue weighted by Gasteiger charge is 2.28. The third-order valence-electron chi connectivity index (χ3n) is 5.26. The van der Waals surface area contributed by atoms with Crippen molar-refractivity contribution in [3.05, 3.63) is 47.5 Å². The molecule has 1 atom stereocenters. The van der Waals surface area contributed by atoms with Gasteiger partial charge in [0.25, 0.3) is 0 Å². The van der Waals surface area contributed by atoms with Gasteiger partial charge in [-0.2, -0.15) is 0 Å². The van der Waals surface area contributed by atoms with Crippen molar-refractivity contribution in [1.29, 1.82) is 0 Å². The van der Waals surface area contributed by atoms with Crippen LogP contribution in [0.2, 0.25) is 0 Å². The molecule has 1 aromatic heterocycles. The van der Waals surface area contributed by atoms with Crippen molar-refractivity contribution in [3.63, 3.8) is 0 Å². The molecule has 2 heterocycles. The summed E-state index contributed by atoms with van der Waals surface area (Å²) in [4.78, 5) is 18.0. The average Bonchev–Trinajstić information content (AvgIpc) is 2.96. The highest BCUT2D eigenvalue weighted by Crippen LogP contribution is 2.40. The maximum absolute atomic E-state index is 14.5. The maximum atomic E-state index is 14.5. The van der Waals surface area contributed by atoms with Gasteiger partial charge < -0.3 is 18.9 Å². The number of ether oxygens (including phenoxy) is 2. The van der Waals surface area contributed by atoms with Crippen LogP contribution in [0.3, 0.4) is 0 Å². The van der Waals surface area contributed by atoms with Crippen LogP contribution in [0.4, 0.5) is 10.1 Å². The number of halogens is 1. The standard InChI is InChI=1S/C21H22FN3O3/c1-12-23-21-16(24(12)3)10-14(25(4)13(2)26)11-19(21)28-18-8-9-27-17-7-5-6-15(22)20(17)18/h5-7,10-11,18H,8-9H2,1-4H3. The molecule has 6 nitrogen and oxygen atoms in total. The van der Waals surface area contributed by atoms with E-state index >= 15 is 0 Å². The molecule has 0 saturated heterocycles. The normalized spacial score (nSPS) is 15.8. The van der Waals surface area contributed by atoms with Crippen LogP contribution in [0.1, 0.15) is 30.8 Å². The van der Waals surface area contributed by atoms with Crippen molar-refractivity contribution in [2.45, 2.75) is 26.4 Å². The molecule has 7 heteroatoms. The van der Waals surface area contributed by atoms with E-state index in [2.05, 4.69) is 4.98 Å². The fraction of sp³-hybridized carbons (Fsp3) is 0.333. The first-order valence-electron chi connectivity index (χ1n) is 9.16. The fourth-order valence-electron chi connectivity index (χ4n) is 3.47. The molecular weight excluding hydrogens is 361 g/mol. The maximum Gasteiger partial charge on any atom is 0.223 e. The molecule has 0 radical (unpaired) electrons. The number of hydrogen-bond acceptors (Lipinski definition) is 4. The lowest BCUT2D eigenvalue weighted by atomic mass is 10.0. The van der Waals surface area contributed by atoms with E-state index in [0.29, 0.717) is 41.3 Å². The van der Waals surface area contributed by atoms with E-state index in [9.17, 15) is 9.18 Å². The lowest BCUT2D eigenvalue weighted by Gasteiger charge is -2.27. The number of anilines is 1. The topological polar surface area (TPSA) is 56.6 Å². The smallest absolute Gasteiger partial charge is 0.223 e. The number of carbonyl (C=O) groups excluding carboxylic acids is 1. The van der Waals surface area contributed by atoms with Crippen LogP contribution in [0.15, 0.2) is 30.3 Å². The van der Waals surface area contributed by atoms with Crippen LogP contribution in [-0.4, -0.2) is 29.1 Å². The van der Waals surface area contributed by atoms with Gasteiger partial charge in [0.05, 0.1) is 17.7 Å². The van der Waals surface area contributed by atoms with Gasteiger partial charge in [-0.15, -0.1) is 0 Å². The highest BCUT2D eigenvalue weighted by atomic mass is 19.1. The summed E-state index contributed by atoms with van der Waals surface area (Å²) in [5.74, 6) is 1.40. The van der Waals surface area contributed by atoms with Gasteiger partial charge in [0, 0.05) is 39.2 Å². The number of nitrogens with zero attached hydrogens (tertiary/aromatic N) is 3. The molecule has 0 N–H and O–H groups in total. The van der Waals surface area contributed by atoms with Gasteiger partial charge in [-0.05, 0) is 25.1 Å². The van der Waals surface area contributed by atoms with Gasteiger partial charge in [-0.3, -0.25) is 4.79 Å². The third kappa shape index (κ3) is 2.96. The molecule has 4 rings (SSSR count). The minimum Gasteiger partial charge on any atom is -0.493 e. The number of aryl methyl sites for hydroxylation is 2. The summed E-state index contributed by atoms with van der Waals surface area (Å²) < 4.78 is 28.3. The Balaban J connectivity index is 1.83. The molecule has 0 bridgehead atoms. The lowest BCUT2D eigenvalue weighted by molar-refractivity contribution is -0.116. The first-order valence-corrected chi connectivity index (χ1v) is 9.16. The molecule has 146 valence electrons. The van der Waals surface area contributed by atoms with Crippen LogP contribution >= 0.6 is 0 Å². The summed E-state index contributed by atoms with van der Waals surface area (Å²) in [5, 5.41) is 0. The number of imidazole rings is 1. The molecule has 1 unspecified atom stereocenters. The SMILES string of the molecule is CC(=O)N(C)c1cc(OC2CCOc3cccc(F)c32)c2nc(C)n(C)c2c1. The number of rotatable bonds is 3. The third-order valence-corrected chi connectivity index (χ3v) is 5.26. The quantitative estimate of drug-likeness (QED) is 0.688. The van der Waals surface area contributed by atoms with Gasteiger partial charge in [0.15, 0.2) is 0 Å². The Hall–Kier alpha value is -3.09. The molecule has 1 amide bonds. The predicted molar refractivity (Wildman–Crippen MR) is 104 cm³/mol. The van der Waals surface area contributed by atoms with Crippen LogP contribution in [0, 0.1) is 12.7 Å². The first kappa shape index (κ1) is 18.3. The molecule has 1 aliphatic heterocycles. The molecule has 0 saturated carbocycles. The summed E-state index contributed by atoms with van der Waals surface area (Å²) in [6.45, 7) is 3.85. The van der Waals surface area contributed by atoms with Crippen molar-refractivity contribution >= 4 is 22.6 Å². The second-order valence-corrected chi connectivity index (χ2v) is 7.00. The Bertz CT molecular complexity index is 1080. The molecule has 3 aromatic rings. The average molecular weight is 383 g/mol.